The highest BCUT2D eigenvalue weighted by atomic mass is 79.9. The molecule has 0 aliphatic carbocycles. The Morgan fingerprint density at radius 2 is 2.19 bits per heavy atom. The first-order chi connectivity index (χ1) is 9.70. The van der Waals surface area contributed by atoms with Gasteiger partial charge in [-0.2, -0.15) is 13.2 Å². The van der Waals surface area contributed by atoms with E-state index in [1.807, 2.05) is 0 Å². The quantitative estimate of drug-likeness (QED) is 0.583. The van der Waals surface area contributed by atoms with Gasteiger partial charge in [0.05, 0.1) is 11.6 Å². The maximum absolute atomic E-state index is 13.0. The number of hydrogen-bond donors (Lipinski definition) is 0. The molecule has 0 amide bonds. The number of esters is 1. The largest absolute Gasteiger partial charge is 0.474 e. The van der Waals surface area contributed by atoms with E-state index in [9.17, 15) is 18.0 Å². The molecule has 0 aliphatic rings. The predicted octanol–water partition coefficient (Wildman–Crippen LogP) is 3.99. The summed E-state index contributed by atoms with van der Waals surface area (Å²) in [5.74, 6) is -1.53. The number of halogens is 4. The summed E-state index contributed by atoms with van der Waals surface area (Å²) in [4.78, 5) is 15.1. The number of hydrogen-bond acceptors (Lipinski definition) is 4. The molecular weight excluding hydrogens is 355 g/mol. The van der Waals surface area contributed by atoms with Gasteiger partial charge in [-0.05, 0) is 28.9 Å². The van der Waals surface area contributed by atoms with Crippen LogP contribution < -0.4 is 4.74 Å². The Bertz CT molecular complexity index is 546. The standard InChI is InChI=1S/C13H13BrF3NO3/c1-4-5-7(2)21-11-8(13(15,16)17)6-9(14)10(18-11)12(19)20-3/h4,6-7H,1,5H2,2-3H3/t7-/m1/s1. The van der Waals surface area contributed by atoms with Crippen molar-refractivity contribution in [3.8, 4) is 5.88 Å². The van der Waals surface area contributed by atoms with Gasteiger partial charge in [-0.15, -0.1) is 6.58 Å². The number of carbonyl (C=O) groups excluding carboxylic acids is 1. The zero-order valence-electron chi connectivity index (χ0n) is 11.3. The molecule has 0 saturated carbocycles. The Balaban J connectivity index is 3.34. The maximum Gasteiger partial charge on any atom is 0.421 e. The van der Waals surface area contributed by atoms with E-state index in [0.717, 1.165) is 13.2 Å². The Labute approximate surface area is 128 Å². The van der Waals surface area contributed by atoms with Crippen LogP contribution in [0.3, 0.4) is 0 Å². The van der Waals surface area contributed by atoms with Gasteiger partial charge in [0.2, 0.25) is 5.88 Å². The number of carbonyl (C=O) groups is 1. The molecule has 1 rings (SSSR count). The molecule has 0 aliphatic heterocycles. The number of alkyl halides is 3. The first-order valence-corrected chi connectivity index (χ1v) is 6.63. The lowest BCUT2D eigenvalue weighted by atomic mass is 10.2. The third-order valence-electron chi connectivity index (χ3n) is 2.44. The zero-order valence-corrected chi connectivity index (χ0v) is 12.9. The average molecular weight is 368 g/mol. The predicted molar refractivity (Wildman–Crippen MR) is 73.2 cm³/mol. The molecule has 0 fully saturated rings. The van der Waals surface area contributed by atoms with Crippen molar-refractivity contribution < 1.29 is 27.4 Å². The smallest absolute Gasteiger partial charge is 0.421 e. The molecule has 8 heteroatoms. The summed E-state index contributed by atoms with van der Waals surface area (Å²) in [6.45, 7) is 5.06. The van der Waals surface area contributed by atoms with Gasteiger partial charge in [0.1, 0.15) is 11.7 Å². The van der Waals surface area contributed by atoms with Crippen molar-refractivity contribution in [3.63, 3.8) is 0 Å². The Hall–Kier alpha value is -1.57. The van der Waals surface area contributed by atoms with Crippen molar-refractivity contribution in [2.45, 2.75) is 25.6 Å². The molecule has 0 radical (unpaired) electrons. The molecule has 4 nitrogen and oxygen atoms in total. The van der Waals surface area contributed by atoms with E-state index in [0.29, 0.717) is 6.42 Å². The lowest BCUT2D eigenvalue weighted by Gasteiger charge is -2.18. The molecule has 0 N–H and O–H groups in total. The van der Waals surface area contributed by atoms with Crippen LogP contribution in [0.25, 0.3) is 0 Å². The summed E-state index contributed by atoms with van der Waals surface area (Å²) in [6, 6.07) is 0.745. The molecule has 0 aromatic carbocycles. The summed E-state index contributed by atoms with van der Waals surface area (Å²) in [6.07, 6.45) is -3.38. The zero-order chi connectivity index (χ0) is 16.2. The molecule has 0 saturated heterocycles. The minimum absolute atomic E-state index is 0.120. The van der Waals surface area contributed by atoms with Crippen molar-refractivity contribution >= 4 is 21.9 Å². The lowest BCUT2D eigenvalue weighted by Crippen LogP contribution is -2.18. The topological polar surface area (TPSA) is 48.4 Å². The highest BCUT2D eigenvalue weighted by Gasteiger charge is 2.37. The molecule has 1 atom stereocenters. The van der Waals surface area contributed by atoms with Gasteiger partial charge >= 0.3 is 12.1 Å². The van der Waals surface area contributed by atoms with Crippen LogP contribution in [0.2, 0.25) is 0 Å². The highest BCUT2D eigenvalue weighted by molar-refractivity contribution is 9.10. The minimum atomic E-state index is -4.66. The van der Waals surface area contributed by atoms with Gasteiger partial charge in [-0.3, -0.25) is 0 Å². The lowest BCUT2D eigenvalue weighted by molar-refractivity contribution is -0.139. The van der Waals surface area contributed by atoms with E-state index < -0.39 is 29.7 Å². The van der Waals surface area contributed by atoms with E-state index in [2.05, 4.69) is 32.2 Å². The Morgan fingerprint density at radius 1 is 1.57 bits per heavy atom. The van der Waals surface area contributed by atoms with E-state index in [-0.39, 0.29) is 10.2 Å². The third kappa shape index (κ3) is 4.45. The van der Waals surface area contributed by atoms with E-state index in [1.165, 1.54) is 6.08 Å². The number of aromatic nitrogens is 1. The van der Waals surface area contributed by atoms with E-state index in [1.54, 1.807) is 6.92 Å². The van der Waals surface area contributed by atoms with Crippen LogP contribution >= 0.6 is 15.9 Å². The minimum Gasteiger partial charge on any atom is -0.474 e. The molecule has 0 unspecified atom stereocenters. The van der Waals surface area contributed by atoms with Crippen molar-refractivity contribution in [1.29, 1.82) is 0 Å². The fourth-order valence-corrected chi connectivity index (χ4v) is 1.96. The normalized spacial score (nSPS) is 12.7. The van der Waals surface area contributed by atoms with Crippen LogP contribution in [0.15, 0.2) is 23.2 Å². The molecule has 21 heavy (non-hydrogen) atoms. The second kappa shape index (κ2) is 6.93. The van der Waals surface area contributed by atoms with Crippen LogP contribution in [0.4, 0.5) is 13.2 Å². The SMILES string of the molecule is C=CC[C@@H](C)Oc1nc(C(=O)OC)c(Br)cc1C(F)(F)F. The second-order valence-electron chi connectivity index (χ2n) is 4.11. The summed E-state index contributed by atoms with van der Waals surface area (Å²) < 4.78 is 48.5. The van der Waals surface area contributed by atoms with E-state index >= 15 is 0 Å². The molecule has 0 bridgehead atoms. The second-order valence-corrected chi connectivity index (χ2v) is 4.97. The molecule has 1 aromatic heterocycles. The summed E-state index contributed by atoms with van der Waals surface area (Å²) in [5.41, 5.74) is -1.36. The third-order valence-corrected chi connectivity index (χ3v) is 3.04. The fraction of sp³-hybridized carbons (Fsp3) is 0.385. The summed E-state index contributed by atoms with van der Waals surface area (Å²) >= 11 is 2.88. The van der Waals surface area contributed by atoms with Gasteiger partial charge < -0.3 is 9.47 Å². The van der Waals surface area contributed by atoms with Gasteiger partial charge in [0.25, 0.3) is 0 Å². The van der Waals surface area contributed by atoms with Gasteiger partial charge in [-0.1, -0.05) is 6.08 Å². The van der Waals surface area contributed by atoms with Crippen LogP contribution in [0, 0.1) is 0 Å². The molecule has 116 valence electrons. The molecular formula is C13H13BrF3NO3. The van der Waals surface area contributed by atoms with Crippen molar-refractivity contribution in [2.75, 3.05) is 7.11 Å². The summed E-state index contributed by atoms with van der Waals surface area (Å²) in [5, 5.41) is 0. The highest BCUT2D eigenvalue weighted by Crippen LogP contribution is 2.38. The Morgan fingerprint density at radius 3 is 2.67 bits per heavy atom. The average Bonchev–Trinajstić information content (AvgIpc) is 2.38. The monoisotopic (exact) mass is 367 g/mol. The number of ether oxygens (including phenoxy) is 2. The number of nitrogens with zero attached hydrogens (tertiary/aromatic N) is 1. The summed E-state index contributed by atoms with van der Waals surface area (Å²) in [7, 11) is 1.11. The van der Waals surface area contributed by atoms with Gasteiger partial charge in [0.15, 0.2) is 5.69 Å². The maximum atomic E-state index is 13.0. The Kier molecular flexibility index (Phi) is 5.77. The number of rotatable bonds is 5. The van der Waals surface area contributed by atoms with Crippen LogP contribution in [-0.4, -0.2) is 24.2 Å². The molecule has 1 heterocycles. The van der Waals surface area contributed by atoms with Crippen LogP contribution in [0.5, 0.6) is 5.88 Å². The molecule has 0 spiro atoms. The number of methoxy groups -OCH3 is 1. The van der Waals surface area contributed by atoms with Crippen molar-refractivity contribution in [2.24, 2.45) is 0 Å². The fourth-order valence-electron chi connectivity index (χ4n) is 1.48. The van der Waals surface area contributed by atoms with Gasteiger partial charge in [0, 0.05) is 6.42 Å². The number of pyridine rings is 1. The van der Waals surface area contributed by atoms with Gasteiger partial charge in [-0.25, -0.2) is 9.78 Å². The van der Waals surface area contributed by atoms with Crippen molar-refractivity contribution in [1.82, 2.24) is 4.98 Å². The molecule has 1 aromatic rings. The van der Waals surface area contributed by atoms with Crippen LogP contribution in [-0.2, 0) is 10.9 Å². The van der Waals surface area contributed by atoms with Crippen molar-refractivity contribution in [3.05, 3.63) is 34.5 Å². The van der Waals surface area contributed by atoms with Crippen LogP contribution in [0.1, 0.15) is 29.4 Å². The first kappa shape index (κ1) is 17.5. The first-order valence-electron chi connectivity index (χ1n) is 5.84. The van der Waals surface area contributed by atoms with E-state index in [4.69, 9.17) is 4.74 Å².